The first-order chi connectivity index (χ1) is 15.0. The van der Waals surface area contributed by atoms with E-state index in [1.807, 2.05) is 6.08 Å². The second kappa shape index (κ2) is 7.89. The highest BCUT2D eigenvalue weighted by Gasteiger charge is 2.70. The van der Waals surface area contributed by atoms with Gasteiger partial charge in [-0.3, -0.25) is 14.4 Å². The van der Waals surface area contributed by atoms with Crippen LogP contribution in [0.5, 0.6) is 0 Å². The van der Waals surface area contributed by atoms with Gasteiger partial charge in [0.15, 0.2) is 11.6 Å². The Labute approximate surface area is 189 Å². The molecule has 0 aromatic heterocycles. The lowest BCUT2D eigenvalue weighted by Crippen LogP contribution is -2.60. The summed E-state index contributed by atoms with van der Waals surface area (Å²) >= 11 is 0. The normalized spacial score (nSPS) is 44.9. The predicted molar refractivity (Wildman–Crippen MR) is 116 cm³/mol. The Kier molecular flexibility index (Phi) is 5.75. The summed E-state index contributed by atoms with van der Waals surface area (Å²) in [5.41, 5.74) is 2.22. The van der Waals surface area contributed by atoms with E-state index in [0.717, 1.165) is 24.8 Å². The van der Waals surface area contributed by atoms with Crippen LogP contribution in [0.4, 0.5) is 0 Å². The van der Waals surface area contributed by atoms with Crippen molar-refractivity contribution in [3.63, 3.8) is 0 Å². The van der Waals surface area contributed by atoms with Crippen molar-refractivity contribution in [3.8, 4) is 0 Å². The molecule has 8 atom stereocenters. The van der Waals surface area contributed by atoms with Gasteiger partial charge in [-0.05, 0) is 60.5 Å². The number of carbonyl (C=O) groups excluding carboxylic acids is 3. The maximum absolute atomic E-state index is 13.3. The summed E-state index contributed by atoms with van der Waals surface area (Å²) in [4.78, 5) is 36.6. The van der Waals surface area contributed by atoms with Crippen LogP contribution in [0.2, 0.25) is 0 Å². The van der Waals surface area contributed by atoms with Crippen LogP contribution in [-0.4, -0.2) is 47.1 Å². The Hall–Kier alpha value is -1.83. The quantitative estimate of drug-likeness (QED) is 0.440. The molecular weight excluding hydrogens is 410 g/mol. The van der Waals surface area contributed by atoms with Crippen LogP contribution < -0.4 is 5.48 Å². The molecule has 3 fully saturated rings. The zero-order chi connectivity index (χ0) is 23.5. The largest absolute Gasteiger partial charge is 0.458 e. The molecule has 0 heterocycles. The standard InChI is InChI=1S/C25H35NO6/c1-14(27)32-13-20(30)21-15(12-26-31)10-24(3)18-6-5-16-9-17(28)7-8-23(16,2)22(18)19(29)11-25(21,24)4/h7-9,15,18-19,21-22,26,29,31H,5-6,10-13H2,1-4H3. The Morgan fingerprint density at radius 3 is 2.59 bits per heavy atom. The number of fused-ring (bicyclic) bond motifs is 5. The van der Waals surface area contributed by atoms with E-state index in [1.54, 1.807) is 12.2 Å². The molecule has 8 unspecified atom stereocenters. The van der Waals surface area contributed by atoms with Gasteiger partial charge in [-0.1, -0.05) is 32.4 Å². The third kappa shape index (κ3) is 3.24. The zero-order valence-electron chi connectivity index (χ0n) is 19.4. The van der Waals surface area contributed by atoms with Gasteiger partial charge in [0.05, 0.1) is 6.10 Å². The number of hydroxylamine groups is 1. The van der Waals surface area contributed by atoms with E-state index < -0.39 is 23.4 Å². The van der Waals surface area contributed by atoms with Gasteiger partial charge < -0.3 is 15.1 Å². The van der Waals surface area contributed by atoms with E-state index in [1.165, 1.54) is 6.92 Å². The number of ether oxygens (including phenoxy) is 1. The zero-order valence-corrected chi connectivity index (χ0v) is 19.4. The molecule has 0 radical (unpaired) electrons. The molecule has 7 nitrogen and oxygen atoms in total. The van der Waals surface area contributed by atoms with Gasteiger partial charge in [-0.2, -0.15) is 0 Å². The molecule has 176 valence electrons. The molecule has 7 heteroatoms. The smallest absolute Gasteiger partial charge is 0.303 e. The number of esters is 1. The lowest BCUT2D eigenvalue weighted by Gasteiger charge is -2.63. The number of Topliss-reactive ketones (excluding diaryl/α,β-unsaturated/α-hetero) is 1. The van der Waals surface area contributed by atoms with E-state index in [4.69, 9.17) is 4.74 Å². The van der Waals surface area contributed by atoms with Crippen molar-refractivity contribution in [1.82, 2.24) is 5.48 Å². The number of hydrogen-bond acceptors (Lipinski definition) is 7. The Morgan fingerprint density at radius 1 is 1.22 bits per heavy atom. The number of ketones is 2. The topological polar surface area (TPSA) is 113 Å². The average molecular weight is 446 g/mol. The maximum atomic E-state index is 13.3. The first-order valence-corrected chi connectivity index (χ1v) is 11.6. The van der Waals surface area contributed by atoms with Crippen LogP contribution in [0.3, 0.4) is 0 Å². The summed E-state index contributed by atoms with van der Waals surface area (Å²) in [6.45, 7) is 7.72. The fourth-order valence-electron chi connectivity index (χ4n) is 8.15. The summed E-state index contributed by atoms with van der Waals surface area (Å²) in [6, 6.07) is 0. The third-order valence-electron chi connectivity index (χ3n) is 9.59. The molecule has 0 bridgehead atoms. The summed E-state index contributed by atoms with van der Waals surface area (Å²) in [7, 11) is 0. The van der Waals surface area contributed by atoms with Crippen LogP contribution in [0, 0.1) is 39.9 Å². The third-order valence-corrected chi connectivity index (χ3v) is 9.59. The van der Waals surface area contributed by atoms with Gasteiger partial charge in [-0.25, -0.2) is 5.48 Å². The highest BCUT2D eigenvalue weighted by Crippen LogP contribution is 2.72. The van der Waals surface area contributed by atoms with Crippen LogP contribution in [0.15, 0.2) is 23.8 Å². The summed E-state index contributed by atoms with van der Waals surface area (Å²) in [5.74, 6) is -1.10. The minimum absolute atomic E-state index is 0.00311. The van der Waals surface area contributed by atoms with Crippen molar-refractivity contribution < 1.29 is 29.4 Å². The van der Waals surface area contributed by atoms with Gasteiger partial charge in [0.1, 0.15) is 6.61 Å². The van der Waals surface area contributed by atoms with Crippen molar-refractivity contribution in [2.45, 2.75) is 59.5 Å². The van der Waals surface area contributed by atoms with Gasteiger partial charge >= 0.3 is 5.97 Å². The first-order valence-electron chi connectivity index (χ1n) is 11.6. The molecule has 0 spiro atoms. The minimum Gasteiger partial charge on any atom is -0.458 e. The molecule has 4 rings (SSSR count). The van der Waals surface area contributed by atoms with Gasteiger partial charge in [-0.15, -0.1) is 0 Å². The molecule has 4 aliphatic carbocycles. The summed E-state index contributed by atoms with van der Waals surface area (Å²) < 4.78 is 5.05. The van der Waals surface area contributed by atoms with E-state index in [2.05, 4.69) is 26.3 Å². The van der Waals surface area contributed by atoms with E-state index in [0.29, 0.717) is 6.42 Å². The molecular formula is C25H35NO6. The highest BCUT2D eigenvalue weighted by atomic mass is 16.5. The van der Waals surface area contributed by atoms with Crippen LogP contribution in [0.1, 0.15) is 53.4 Å². The lowest BCUT2D eigenvalue weighted by molar-refractivity contribution is -0.169. The highest BCUT2D eigenvalue weighted by molar-refractivity contribution is 6.01. The van der Waals surface area contributed by atoms with E-state index in [9.17, 15) is 24.7 Å². The van der Waals surface area contributed by atoms with Crippen molar-refractivity contribution in [2.75, 3.05) is 13.2 Å². The second-order valence-electron chi connectivity index (χ2n) is 11.0. The fraction of sp³-hybridized carbons (Fsp3) is 0.720. The van der Waals surface area contributed by atoms with Crippen LogP contribution in [0.25, 0.3) is 0 Å². The molecule has 4 aliphatic rings. The van der Waals surface area contributed by atoms with Crippen LogP contribution in [-0.2, 0) is 19.1 Å². The maximum Gasteiger partial charge on any atom is 0.303 e. The number of hydrogen-bond donors (Lipinski definition) is 3. The van der Waals surface area contributed by atoms with Gasteiger partial charge in [0.2, 0.25) is 0 Å². The summed E-state index contributed by atoms with van der Waals surface area (Å²) in [6.07, 6.45) is 7.52. The van der Waals surface area contributed by atoms with Crippen molar-refractivity contribution >= 4 is 17.5 Å². The molecule has 3 saturated carbocycles. The Balaban J connectivity index is 1.74. The Morgan fingerprint density at radius 2 is 1.94 bits per heavy atom. The van der Waals surface area contributed by atoms with Crippen molar-refractivity contribution in [1.29, 1.82) is 0 Å². The predicted octanol–water partition coefficient (Wildman–Crippen LogP) is 2.61. The molecule has 32 heavy (non-hydrogen) atoms. The minimum atomic E-state index is -0.630. The van der Waals surface area contributed by atoms with Crippen molar-refractivity contribution in [3.05, 3.63) is 23.8 Å². The number of allylic oxidation sites excluding steroid dienone is 4. The number of carbonyl (C=O) groups is 3. The molecule has 0 aromatic carbocycles. The lowest BCUT2D eigenvalue weighted by atomic mass is 9.42. The second-order valence-corrected chi connectivity index (χ2v) is 11.0. The Bertz CT molecular complexity index is 895. The summed E-state index contributed by atoms with van der Waals surface area (Å²) in [5, 5.41) is 21.0. The molecule has 0 saturated heterocycles. The SMILES string of the molecule is CC(=O)OCC(=O)C1C(CNO)CC2(C)C3CCC4=CC(=O)C=CC4(C)C3C(O)CC12C. The monoisotopic (exact) mass is 445 g/mol. The fourth-order valence-corrected chi connectivity index (χ4v) is 8.15. The molecule has 3 N–H and O–H groups in total. The van der Waals surface area contributed by atoms with Gasteiger partial charge in [0, 0.05) is 30.7 Å². The van der Waals surface area contributed by atoms with Gasteiger partial charge in [0.25, 0.3) is 0 Å². The number of nitrogens with one attached hydrogen (secondary N) is 1. The van der Waals surface area contributed by atoms with E-state index in [-0.39, 0.29) is 53.3 Å². The number of aliphatic hydroxyl groups is 1. The molecule has 0 aliphatic heterocycles. The first kappa shape index (κ1) is 23.3. The number of rotatable bonds is 5. The van der Waals surface area contributed by atoms with Crippen molar-refractivity contribution in [2.24, 2.45) is 39.9 Å². The van der Waals surface area contributed by atoms with E-state index >= 15 is 0 Å². The van der Waals surface area contributed by atoms with Crippen LogP contribution >= 0.6 is 0 Å². The number of aliphatic hydroxyl groups excluding tert-OH is 1. The average Bonchev–Trinajstić information content (AvgIpc) is 2.93. The molecule has 0 amide bonds. The molecule has 0 aromatic rings.